The summed E-state index contributed by atoms with van der Waals surface area (Å²) in [5.74, 6) is 0.149. The van der Waals surface area contributed by atoms with E-state index in [4.69, 9.17) is 0 Å². The minimum atomic E-state index is -0.691. The van der Waals surface area contributed by atoms with Gasteiger partial charge in [-0.1, -0.05) is 18.6 Å². The van der Waals surface area contributed by atoms with Crippen LogP contribution in [0.15, 0.2) is 24.3 Å². The van der Waals surface area contributed by atoms with Crippen LogP contribution in [0.5, 0.6) is 0 Å². The van der Waals surface area contributed by atoms with Crippen LogP contribution in [0.2, 0.25) is 0 Å². The van der Waals surface area contributed by atoms with Crippen LogP contribution in [0.3, 0.4) is 0 Å². The second-order valence-corrected chi connectivity index (χ2v) is 5.42. The molecular formula is C15H22FNO2. The van der Waals surface area contributed by atoms with Crippen LogP contribution in [0, 0.1) is 11.7 Å². The molecule has 0 aliphatic heterocycles. The summed E-state index contributed by atoms with van der Waals surface area (Å²) in [4.78, 5) is 0. The molecule has 1 aliphatic carbocycles. The van der Waals surface area contributed by atoms with E-state index >= 15 is 0 Å². The molecule has 1 fully saturated rings. The maximum atomic E-state index is 13.0. The molecule has 0 heterocycles. The van der Waals surface area contributed by atoms with E-state index in [-0.39, 0.29) is 11.9 Å². The third-order valence-corrected chi connectivity index (χ3v) is 3.76. The molecule has 0 spiro atoms. The van der Waals surface area contributed by atoms with Gasteiger partial charge in [0.25, 0.3) is 0 Å². The van der Waals surface area contributed by atoms with Gasteiger partial charge in [0.05, 0.1) is 12.2 Å². The van der Waals surface area contributed by atoms with Gasteiger partial charge in [-0.3, -0.25) is 0 Å². The summed E-state index contributed by atoms with van der Waals surface area (Å²) in [6, 6.07) is 6.05. The Balaban J connectivity index is 1.73. The fourth-order valence-electron chi connectivity index (χ4n) is 2.70. The first kappa shape index (κ1) is 14.4. The Morgan fingerprint density at radius 1 is 1.37 bits per heavy atom. The minimum Gasteiger partial charge on any atom is -0.393 e. The van der Waals surface area contributed by atoms with Crippen molar-refractivity contribution in [1.82, 2.24) is 5.32 Å². The zero-order valence-corrected chi connectivity index (χ0v) is 11.1. The summed E-state index contributed by atoms with van der Waals surface area (Å²) in [5, 5.41) is 22.7. The topological polar surface area (TPSA) is 52.5 Å². The number of nitrogens with one attached hydrogen (secondary N) is 1. The molecule has 3 unspecified atom stereocenters. The van der Waals surface area contributed by atoms with Crippen LogP contribution < -0.4 is 5.32 Å². The minimum absolute atomic E-state index is 0.173. The van der Waals surface area contributed by atoms with E-state index < -0.39 is 6.10 Å². The molecule has 4 heteroatoms. The zero-order valence-electron chi connectivity index (χ0n) is 11.1. The smallest absolute Gasteiger partial charge is 0.123 e. The molecule has 0 saturated heterocycles. The third-order valence-electron chi connectivity index (χ3n) is 3.76. The third kappa shape index (κ3) is 4.56. The first-order valence-electron chi connectivity index (χ1n) is 6.97. The molecule has 0 radical (unpaired) electrons. The zero-order chi connectivity index (χ0) is 13.7. The Morgan fingerprint density at radius 2 is 2.21 bits per heavy atom. The molecule has 0 amide bonds. The molecule has 1 saturated carbocycles. The van der Waals surface area contributed by atoms with Crippen molar-refractivity contribution in [2.24, 2.45) is 5.92 Å². The van der Waals surface area contributed by atoms with Crippen molar-refractivity contribution in [2.75, 3.05) is 13.1 Å². The highest BCUT2D eigenvalue weighted by Crippen LogP contribution is 2.23. The van der Waals surface area contributed by atoms with Gasteiger partial charge in [-0.15, -0.1) is 0 Å². The monoisotopic (exact) mass is 267 g/mol. The van der Waals surface area contributed by atoms with Crippen LogP contribution in [0.4, 0.5) is 4.39 Å². The molecule has 1 aromatic rings. The second kappa shape index (κ2) is 6.98. The number of aliphatic hydroxyl groups excluding tert-OH is 2. The van der Waals surface area contributed by atoms with E-state index in [2.05, 4.69) is 5.32 Å². The number of halogens is 1. The van der Waals surface area contributed by atoms with Crippen LogP contribution in [0.25, 0.3) is 0 Å². The lowest BCUT2D eigenvalue weighted by Gasteiger charge is -2.26. The molecule has 3 atom stereocenters. The van der Waals surface area contributed by atoms with Crippen molar-refractivity contribution in [3.8, 4) is 0 Å². The van der Waals surface area contributed by atoms with Gasteiger partial charge in [0.15, 0.2) is 0 Å². The second-order valence-electron chi connectivity index (χ2n) is 5.42. The maximum absolute atomic E-state index is 13.0. The lowest BCUT2D eigenvalue weighted by atomic mass is 9.87. The van der Waals surface area contributed by atoms with Crippen molar-refractivity contribution < 1.29 is 14.6 Å². The van der Waals surface area contributed by atoms with Gasteiger partial charge >= 0.3 is 0 Å². The lowest BCUT2D eigenvalue weighted by molar-refractivity contribution is 0.0983. The Morgan fingerprint density at radius 3 is 2.95 bits per heavy atom. The van der Waals surface area contributed by atoms with Crippen molar-refractivity contribution in [3.05, 3.63) is 35.6 Å². The van der Waals surface area contributed by atoms with Crippen molar-refractivity contribution >= 4 is 0 Å². The Bertz CT molecular complexity index is 399. The van der Waals surface area contributed by atoms with Gasteiger partial charge in [0, 0.05) is 6.54 Å². The highest BCUT2D eigenvalue weighted by molar-refractivity contribution is 5.18. The standard InChI is InChI=1S/C15H22FNO2/c16-13-5-2-4-12(8-13)15(19)10-17-9-11-3-1-6-14(18)7-11/h2,4-5,8,11,14-15,17-19H,1,3,6-7,9-10H2. The fraction of sp³-hybridized carbons (Fsp3) is 0.600. The van der Waals surface area contributed by atoms with Crippen LogP contribution in [0.1, 0.15) is 37.4 Å². The van der Waals surface area contributed by atoms with Gasteiger partial charge in [0.1, 0.15) is 5.82 Å². The van der Waals surface area contributed by atoms with E-state index in [9.17, 15) is 14.6 Å². The van der Waals surface area contributed by atoms with E-state index in [0.717, 1.165) is 32.2 Å². The average Bonchev–Trinajstić information content (AvgIpc) is 2.38. The number of hydrogen-bond acceptors (Lipinski definition) is 3. The van der Waals surface area contributed by atoms with E-state index in [1.54, 1.807) is 12.1 Å². The van der Waals surface area contributed by atoms with Crippen LogP contribution in [-0.4, -0.2) is 29.4 Å². The molecule has 106 valence electrons. The molecule has 3 N–H and O–H groups in total. The maximum Gasteiger partial charge on any atom is 0.123 e. The van der Waals surface area contributed by atoms with E-state index in [1.807, 2.05) is 0 Å². The summed E-state index contributed by atoms with van der Waals surface area (Å²) < 4.78 is 13.0. The number of benzene rings is 1. The summed E-state index contributed by atoms with van der Waals surface area (Å²) in [7, 11) is 0. The van der Waals surface area contributed by atoms with Gasteiger partial charge < -0.3 is 15.5 Å². The molecule has 19 heavy (non-hydrogen) atoms. The molecule has 0 bridgehead atoms. The summed E-state index contributed by atoms with van der Waals surface area (Å²) in [6.45, 7) is 1.21. The van der Waals surface area contributed by atoms with Crippen molar-refractivity contribution in [3.63, 3.8) is 0 Å². The average molecular weight is 267 g/mol. The highest BCUT2D eigenvalue weighted by atomic mass is 19.1. The summed E-state index contributed by atoms with van der Waals surface area (Å²) in [5.41, 5.74) is 0.594. The highest BCUT2D eigenvalue weighted by Gasteiger charge is 2.20. The van der Waals surface area contributed by atoms with Gasteiger partial charge in [-0.05, 0) is 49.4 Å². The number of aliphatic hydroxyl groups is 2. The molecule has 1 aliphatic rings. The van der Waals surface area contributed by atoms with Gasteiger partial charge in [-0.25, -0.2) is 4.39 Å². The predicted octanol–water partition coefficient (Wildman–Crippen LogP) is 2.00. The molecule has 2 rings (SSSR count). The van der Waals surface area contributed by atoms with Crippen molar-refractivity contribution in [2.45, 2.75) is 37.9 Å². The Labute approximate surface area is 113 Å². The number of rotatable bonds is 5. The Kier molecular flexibility index (Phi) is 5.31. The molecular weight excluding hydrogens is 245 g/mol. The van der Waals surface area contributed by atoms with Crippen LogP contribution >= 0.6 is 0 Å². The number of hydrogen-bond donors (Lipinski definition) is 3. The van der Waals surface area contributed by atoms with Crippen LogP contribution in [-0.2, 0) is 0 Å². The Hall–Kier alpha value is -0.970. The van der Waals surface area contributed by atoms with E-state index in [1.165, 1.54) is 12.1 Å². The first-order chi connectivity index (χ1) is 9.15. The van der Waals surface area contributed by atoms with Crippen molar-refractivity contribution in [1.29, 1.82) is 0 Å². The summed E-state index contributed by atoms with van der Waals surface area (Å²) in [6.07, 6.45) is 3.07. The first-order valence-corrected chi connectivity index (χ1v) is 6.97. The largest absolute Gasteiger partial charge is 0.393 e. The molecule has 3 nitrogen and oxygen atoms in total. The predicted molar refractivity (Wildman–Crippen MR) is 72.2 cm³/mol. The lowest BCUT2D eigenvalue weighted by Crippen LogP contribution is -2.31. The van der Waals surface area contributed by atoms with Gasteiger partial charge in [-0.2, -0.15) is 0 Å². The quantitative estimate of drug-likeness (QED) is 0.765. The summed E-state index contributed by atoms with van der Waals surface area (Å²) >= 11 is 0. The van der Waals surface area contributed by atoms with Gasteiger partial charge in [0.2, 0.25) is 0 Å². The molecule has 1 aromatic carbocycles. The SMILES string of the molecule is OC1CCCC(CNCC(O)c2cccc(F)c2)C1. The molecule has 0 aromatic heterocycles. The fourth-order valence-corrected chi connectivity index (χ4v) is 2.70. The normalized spacial score (nSPS) is 25.2. The van der Waals surface area contributed by atoms with E-state index in [0.29, 0.717) is 18.0 Å².